The van der Waals surface area contributed by atoms with Gasteiger partial charge in [0, 0.05) is 5.56 Å². The van der Waals surface area contributed by atoms with E-state index in [0.717, 1.165) is 0 Å². The number of para-hydroxylation sites is 1. The van der Waals surface area contributed by atoms with E-state index in [2.05, 4.69) is 10.9 Å². The molecule has 0 aromatic heterocycles. The second-order valence-corrected chi connectivity index (χ2v) is 8.21. The van der Waals surface area contributed by atoms with Gasteiger partial charge in [0.15, 0.2) is 9.84 Å². The number of carbonyl (C=O) groups excluding carboxylic acids is 2. The molecule has 1 unspecified atom stereocenters. The van der Waals surface area contributed by atoms with Crippen LogP contribution in [0.1, 0.15) is 16.8 Å². The Morgan fingerprint density at radius 3 is 2.19 bits per heavy atom. The highest BCUT2D eigenvalue weighted by Gasteiger charge is 2.33. The van der Waals surface area contributed by atoms with Crippen LogP contribution < -0.4 is 15.6 Å². The van der Waals surface area contributed by atoms with Crippen LogP contribution in [-0.2, 0) is 14.6 Å². The second-order valence-electron chi connectivity index (χ2n) is 5.98. The lowest BCUT2D eigenvalue weighted by Crippen LogP contribution is -2.44. The van der Waals surface area contributed by atoms with Gasteiger partial charge in [0.2, 0.25) is 5.91 Å². The van der Waals surface area contributed by atoms with Crippen molar-refractivity contribution < 1.29 is 22.7 Å². The summed E-state index contributed by atoms with van der Waals surface area (Å²) in [5, 5.41) is 0. The van der Waals surface area contributed by atoms with Crippen molar-refractivity contribution >= 4 is 21.7 Å². The summed E-state index contributed by atoms with van der Waals surface area (Å²) in [4.78, 5) is 24.0. The number of hydrogen-bond donors (Lipinski definition) is 2. The van der Waals surface area contributed by atoms with Gasteiger partial charge in [-0.1, -0.05) is 18.2 Å². The van der Waals surface area contributed by atoms with Crippen LogP contribution >= 0.6 is 0 Å². The Morgan fingerprint density at radius 1 is 0.923 bits per heavy atom. The Morgan fingerprint density at radius 2 is 1.58 bits per heavy atom. The summed E-state index contributed by atoms with van der Waals surface area (Å²) in [6, 6.07) is 15.7. The van der Waals surface area contributed by atoms with E-state index in [1.807, 2.05) is 30.3 Å². The molecule has 2 aromatic carbocycles. The summed E-state index contributed by atoms with van der Waals surface area (Å²) in [5.41, 5.74) is 4.92. The SMILES string of the molecule is O=C(NNC(=O)C1CCS(=O)(=O)C1)c1ccc(Oc2ccccc2)cc1. The molecule has 136 valence electrons. The average Bonchev–Trinajstić information content (AvgIpc) is 3.01. The van der Waals surface area contributed by atoms with Crippen LogP contribution in [0.25, 0.3) is 0 Å². The first-order valence-corrected chi connectivity index (χ1v) is 9.89. The second kappa shape index (κ2) is 7.57. The third-order valence-corrected chi connectivity index (χ3v) is 5.77. The fourth-order valence-corrected chi connectivity index (χ4v) is 4.33. The summed E-state index contributed by atoms with van der Waals surface area (Å²) in [7, 11) is -3.15. The molecule has 1 aliphatic rings. The van der Waals surface area contributed by atoms with Crippen LogP contribution in [0.3, 0.4) is 0 Å². The summed E-state index contributed by atoms with van der Waals surface area (Å²) in [6.45, 7) is 0. The average molecular weight is 374 g/mol. The molecule has 1 aliphatic heterocycles. The van der Waals surface area contributed by atoms with Crippen molar-refractivity contribution in [3.63, 3.8) is 0 Å². The number of ether oxygens (including phenoxy) is 1. The van der Waals surface area contributed by atoms with Crippen molar-refractivity contribution in [3.8, 4) is 11.5 Å². The number of nitrogens with one attached hydrogen (secondary N) is 2. The molecule has 3 rings (SSSR count). The number of rotatable bonds is 4. The van der Waals surface area contributed by atoms with Crippen LogP contribution in [0.5, 0.6) is 11.5 Å². The van der Waals surface area contributed by atoms with Gasteiger partial charge in [-0.25, -0.2) is 8.42 Å². The molecule has 1 atom stereocenters. The number of amides is 2. The quantitative estimate of drug-likeness (QED) is 0.793. The number of sulfone groups is 1. The van der Waals surface area contributed by atoms with Crippen LogP contribution in [0, 0.1) is 5.92 Å². The maximum atomic E-state index is 12.1. The first kappa shape index (κ1) is 17.9. The van der Waals surface area contributed by atoms with Crippen LogP contribution in [0.4, 0.5) is 0 Å². The minimum Gasteiger partial charge on any atom is -0.457 e. The van der Waals surface area contributed by atoms with E-state index in [0.29, 0.717) is 17.1 Å². The predicted molar refractivity (Wildman–Crippen MR) is 95.3 cm³/mol. The molecule has 0 spiro atoms. The number of hydrazine groups is 1. The highest BCUT2D eigenvalue weighted by Crippen LogP contribution is 2.21. The maximum Gasteiger partial charge on any atom is 0.269 e. The standard InChI is InChI=1S/C18H18N2O5S/c21-17(19-20-18(22)14-10-11-26(23,24)12-14)13-6-8-16(9-7-13)25-15-4-2-1-3-5-15/h1-9,14H,10-12H2,(H,19,21)(H,20,22). The van der Waals surface area contributed by atoms with Crippen molar-refractivity contribution in [2.45, 2.75) is 6.42 Å². The zero-order valence-corrected chi connectivity index (χ0v) is 14.7. The van der Waals surface area contributed by atoms with Gasteiger partial charge in [0.1, 0.15) is 11.5 Å². The van der Waals surface area contributed by atoms with Gasteiger partial charge in [0.25, 0.3) is 5.91 Å². The lowest BCUT2D eigenvalue weighted by atomic mass is 10.1. The molecule has 0 bridgehead atoms. The topological polar surface area (TPSA) is 102 Å². The van der Waals surface area contributed by atoms with E-state index >= 15 is 0 Å². The first-order valence-electron chi connectivity index (χ1n) is 8.06. The highest BCUT2D eigenvalue weighted by atomic mass is 32.2. The molecular formula is C18H18N2O5S. The Hall–Kier alpha value is -2.87. The Kier molecular flexibility index (Phi) is 5.22. The largest absolute Gasteiger partial charge is 0.457 e. The van der Waals surface area contributed by atoms with Gasteiger partial charge in [-0.05, 0) is 42.8 Å². The highest BCUT2D eigenvalue weighted by molar-refractivity contribution is 7.91. The van der Waals surface area contributed by atoms with Crippen molar-refractivity contribution in [1.82, 2.24) is 10.9 Å². The minimum absolute atomic E-state index is 0.00189. The van der Waals surface area contributed by atoms with E-state index in [9.17, 15) is 18.0 Å². The van der Waals surface area contributed by atoms with E-state index in [1.54, 1.807) is 24.3 Å². The van der Waals surface area contributed by atoms with Crippen LogP contribution in [0.15, 0.2) is 54.6 Å². The molecule has 0 aliphatic carbocycles. The molecule has 7 nitrogen and oxygen atoms in total. The van der Waals surface area contributed by atoms with Gasteiger partial charge >= 0.3 is 0 Å². The van der Waals surface area contributed by atoms with Gasteiger partial charge < -0.3 is 4.74 Å². The lowest BCUT2D eigenvalue weighted by Gasteiger charge is -2.11. The zero-order valence-electron chi connectivity index (χ0n) is 13.8. The van der Waals surface area contributed by atoms with Crippen molar-refractivity contribution in [2.75, 3.05) is 11.5 Å². The molecule has 1 fully saturated rings. The molecule has 0 saturated carbocycles. The Labute approximate surface area is 151 Å². The van der Waals surface area contributed by atoms with E-state index < -0.39 is 27.6 Å². The number of benzene rings is 2. The molecule has 1 saturated heterocycles. The molecule has 2 amide bonds. The van der Waals surface area contributed by atoms with E-state index in [-0.39, 0.29) is 17.9 Å². The lowest BCUT2D eigenvalue weighted by molar-refractivity contribution is -0.125. The third-order valence-electron chi connectivity index (χ3n) is 4.00. The van der Waals surface area contributed by atoms with Crippen molar-refractivity contribution in [3.05, 3.63) is 60.2 Å². The predicted octanol–water partition coefficient (Wildman–Crippen LogP) is 1.67. The maximum absolute atomic E-state index is 12.1. The number of hydrogen-bond acceptors (Lipinski definition) is 5. The molecular weight excluding hydrogens is 356 g/mol. The summed E-state index contributed by atoms with van der Waals surface area (Å²) in [6.07, 6.45) is 0.273. The fourth-order valence-electron chi connectivity index (χ4n) is 2.59. The van der Waals surface area contributed by atoms with Crippen molar-refractivity contribution in [1.29, 1.82) is 0 Å². The first-order chi connectivity index (χ1) is 12.4. The van der Waals surface area contributed by atoms with Gasteiger partial charge in [0.05, 0.1) is 17.4 Å². The molecule has 2 N–H and O–H groups in total. The molecule has 1 heterocycles. The van der Waals surface area contributed by atoms with Crippen LogP contribution in [0.2, 0.25) is 0 Å². The van der Waals surface area contributed by atoms with Crippen molar-refractivity contribution in [2.24, 2.45) is 5.92 Å². The Bertz CT molecular complexity index is 895. The molecule has 2 aromatic rings. The normalized spacial score (nSPS) is 18.1. The fraction of sp³-hybridized carbons (Fsp3) is 0.222. The number of carbonyl (C=O) groups is 2. The van der Waals surface area contributed by atoms with Gasteiger partial charge in [-0.2, -0.15) is 0 Å². The van der Waals surface area contributed by atoms with Gasteiger partial charge in [-0.3, -0.25) is 20.4 Å². The summed E-state index contributed by atoms with van der Waals surface area (Å²) < 4.78 is 28.4. The third kappa shape index (κ3) is 4.60. The zero-order chi connectivity index (χ0) is 18.6. The molecule has 8 heteroatoms. The molecule has 26 heavy (non-hydrogen) atoms. The van der Waals surface area contributed by atoms with Crippen LogP contribution in [-0.4, -0.2) is 31.7 Å². The van der Waals surface area contributed by atoms with E-state index in [1.165, 1.54) is 0 Å². The summed E-state index contributed by atoms with van der Waals surface area (Å²) in [5.74, 6) is -0.533. The van der Waals surface area contributed by atoms with E-state index in [4.69, 9.17) is 4.74 Å². The molecule has 0 radical (unpaired) electrons. The minimum atomic E-state index is -3.15. The smallest absolute Gasteiger partial charge is 0.269 e. The monoisotopic (exact) mass is 374 g/mol. The van der Waals surface area contributed by atoms with Gasteiger partial charge in [-0.15, -0.1) is 0 Å². The Balaban J connectivity index is 1.52. The summed E-state index contributed by atoms with van der Waals surface area (Å²) >= 11 is 0.